The summed E-state index contributed by atoms with van der Waals surface area (Å²) < 4.78 is 2.45. The Morgan fingerprint density at radius 2 is 2.06 bits per heavy atom. The molecule has 0 saturated heterocycles. The molecular weight excluding hydrogens is 408 g/mol. The van der Waals surface area contributed by atoms with Crippen molar-refractivity contribution in [3.8, 4) is 6.07 Å². The number of anilines is 1. The molecule has 0 radical (unpaired) electrons. The summed E-state index contributed by atoms with van der Waals surface area (Å²) in [5.74, 6) is 1.27. The Morgan fingerprint density at radius 3 is 2.76 bits per heavy atom. The van der Waals surface area contributed by atoms with Crippen LogP contribution < -0.4 is 4.90 Å². The summed E-state index contributed by atoms with van der Waals surface area (Å²) in [6, 6.07) is 9.92. The van der Waals surface area contributed by atoms with Gasteiger partial charge in [0.25, 0.3) is 0 Å². The highest BCUT2D eigenvalue weighted by Gasteiger charge is 2.27. The number of fused-ring (bicyclic) bond motifs is 3. The van der Waals surface area contributed by atoms with Gasteiger partial charge in [-0.05, 0) is 50.5 Å². The SMILES string of the molecule is CCN(CCN(C)c1ccc2c(c1)nc1n2CCN(C2CCC2)CC1)C1=CCC(C#N)C=C1. The van der Waals surface area contributed by atoms with Crippen LogP contribution in [0.15, 0.2) is 42.1 Å². The predicted octanol–water partition coefficient (Wildman–Crippen LogP) is 4.19. The zero-order valence-electron chi connectivity index (χ0n) is 20.1. The Hall–Kier alpha value is -2.78. The number of allylic oxidation sites excluding steroid dienone is 3. The fourth-order valence-corrected chi connectivity index (χ4v) is 5.36. The van der Waals surface area contributed by atoms with Crippen molar-refractivity contribution in [1.82, 2.24) is 19.4 Å². The fourth-order valence-electron chi connectivity index (χ4n) is 5.36. The van der Waals surface area contributed by atoms with Gasteiger partial charge in [-0.3, -0.25) is 4.90 Å². The lowest BCUT2D eigenvalue weighted by Crippen LogP contribution is -2.41. The highest BCUT2D eigenvalue weighted by atomic mass is 15.2. The van der Waals surface area contributed by atoms with E-state index in [1.54, 1.807) is 0 Å². The second-order valence-corrected chi connectivity index (χ2v) is 9.68. The molecule has 1 atom stereocenters. The molecule has 0 bridgehead atoms. The maximum atomic E-state index is 9.10. The molecule has 3 aliphatic rings. The Morgan fingerprint density at radius 1 is 1.18 bits per heavy atom. The van der Waals surface area contributed by atoms with Gasteiger partial charge in [-0.2, -0.15) is 5.26 Å². The third-order valence-electron chi connectivity index (χ3n) is 7.77. The molecule has 174 valence electrons. The van der Waals surface area contributed by atoms with Crippen molar-refractivity contribution < 1.29 is 0 Å². The number of hydrogen-bond acceptors (Lipinski definition) is 5. The highest BCUT2D eigenvalue weighted by Crippen LogP contribution is 2.28. The lowest BCUT2D eigenvalue weighted by atomic mass is 9.91. The minimum absolute atomic E-state index is 0.0215. The Bertz CT molecular complexity index is 1090. The molecule has 0 N–H and O–H groups in total. The third kappa shape index (κ3) is 4.52. The van der Waals surface area contributed by atoms with E-state index in [-0.39, 0.29) is 5.92 Å². The molecule has 1 aromatic heterocycles. The molecule has 6 heteroatoms. The van der Waals surface area contributed by atoms with Crippen LogP contribution in [-0.2, 0) is 13.0 Å². The van der Waals surface area contributed by atoms with Crippen LogP contribution in [0.25, 0.3) is 11.0 Å². The van der Waals surface area contributed by atoms with E-state index in [1.165, 1.54) is 42.0 Å². The Kier molecular flexibility index (Phi) is 6.41. The van der Waals surface area contributed by atoms with Crippen molar-refractivity contribution in [2.75, 3.05) is 44.7 Å². The summed E-state index contributed by atoms with van der Waals surface area (Å²) in [5.41, 5.74) is 4.86. The van der Waals surface area contributed by atoms with Crippen LogP contribution in [0.4, 0.5) is 5.69 Å². The second kappa shape index (κ2) is 9.61. The second-order valence-electron chi connectivity index (χ2n) is 9.68. The molecule has 33 heavy (non-hydrogen) atoms. The van der Waals surface area contributed by atoms with Crippen LogP contribution >= 0.6 is 0 Å². The fraction of sp³-hybridized carbons (Fsp3) is 0.556. The Labute approximate surface area is 197 Å². The maximum absolute atomic E-state index is 9.10. The van der Waals surface area contributed by atoms with Crippen molar-refractivity contribution >= 4 is 16.7 Å². The van der Waals surface area contributed by atoms with Crippen LogP contribution in [0.3, 0.4) is 0 Å². The molecule has 0 spiro atoms. The van der Waals surface area contributed by atoms with Crippen molar-refractivity contribution in [2.24, 2.45) is 5.92 Å². The number of benzene rings is 1. The number of nitrogens with zero attached hydrogens (tertiary/aromatic N) is 6. The van der Waals surface area contributed by atoms with Crippen LogP contribution in [-0.4, -0.2) is 65.2 Å². The number of hydrogen-bond donors (Lipinski definition) is 0. The normalized spacial score (nSPS) is 21.1. The summed E-state index contributed by atoms with van der Waals surface area (Å²) in [6.07, 6.45) is 12.4. The van der Waals surface area contributed by atoms with Crippen molar-refractivity contribution in [3.63, 3.8) is 0 Å². The largest absolute Gasteiger partial charge is 0.373 e. The molecule has 1 saturated carbocycles. The molecule has 1 aromatic carbocycles. The lowest BCUT2D eigenvalue weighted by molar-refractivity contribution is 0.130. The zero-order chi connectivity index (χ0) is 22.8. The summed E-state index contributed by atoms with van der Waals surface area (Å²) in [4.78, 5) is 12.5. The molecule has 1 unspecified atom stereocenters. The van der Waals surface area contributed by atoms with Crippen LogP contribution in [0.2, 0.25) is 0 Å². The maximum Gasteiger partial charge on any atom is 0.111 e. The molecule has 1 aliphatic heterocycles. The number of aromatic nitrogens is 2. The first kappa shape index (κ1) is 22.0. The van der Waals surface area contributed by atoms with E-state index in [9.17, 15) is 0 Å². The summed E-state index contributed by atoms with van der Waals surface area (Å²) in [5, 5.41) is 9.10. The van der Waals surface area contributed by atoms with Gasteiger partial charge in [-0.1, -0.05) is 18.6 Å². The van der Waals surface area contributed by atoms with Gasteiger partial charge in [0, 0.05) is 70.2 Å². The molecule has 0 amide bonds. The molecule has 6 nitrogen and oxygen atoms in total. The lowest BCUT2D eigenvalue weighted by Gasteiger charge is -2.36. The third-order valence-corrected chi connectivity index (χ3v) is 7.77. The predicted molar refractivity (Wildman–Crippen MR) is 134 cm³/mol. The van der Waals surface area contributed by atoms with Crippen LogP contribution in [0, 0.1) is 17.2 Å². The van der Waals surface area contributed by atoms with Crippen molar-refractivity contribution in [3.05, 3.63) is 47.9 Å². The van der Waals surface area contributed by atoms with E-state index < -0.39 is 0 Å². The average Bonchev–Trinajstić information content (AvgIpc) is 3.04. The summed E-state index contributed by atoms with van der Waals surface area (Å²) in [7, 11) is 2.17. The summed E-state index contributed by atoms with van der Waals surface area (Å²) >= 11 is 0. The summed E-state index contributed by atoms with van der Waals surface area (Å²) in [6.45, 7) is 8.40. The first-order valence-corrected chi connectivity index (χ1v) is 12.6. The van der Waals surface area contributed by atoms with Gasteiger partial charge < -0.3 is 14.4 Å². The molecular formula is C27H36N6. The van der Waals surface area contributed by atoms with Gasteiger partial charge in [0.2, 0.25) is 0 Å². The number of nitriles is 1. The van der Waals surface area contributed by atoms with Gasteiger partial charge in [-0.15, -0.1) is 0 Å². The van der Waals surface area contributed by atoms with Gasteiger partial charge >= 0.3 is 0 Å². The van der Waals surface area contributed by atoms with Crippen LogP contribution in [0.5, 0.6) is 0 Å². The highest BCUT2D eigenvalue weighted by molar-refractivity contribution is 5.80. The minimum atomic E-state index is 0.0215. The first-order valence-electron chi connectivity index (χ1n) is 12.6. The van der Waals surface area contributed by atoms with E-state index in [1.807, 2.05) is 6.08 Å². The average molecular weight is 445 g/mol. The van der Waals surface area contributed by atoms with E-state index in [0.717, 1.165) is 63.7 Å². The van der Waals surface area contributed by atoms with Crippen molar-refractivity contribution in [2.45, 2.75) is 51.6 Å². The van der Waals surface area contributed by atoms with Crippen molar-refractivity contribution in [1.29, 1.82) is 5.26 Å². The van der Waals surface area contributed by atoms with E-state index in [2.05, 4.69) is 69.7 Å². The van der Waals surface area contributed by atoms with E-state index in [4.69, 9.17) is 10.2 Å². The first-order chi connectivity index (χ1) is 16.2. The molecule has 2 aromatic rings. The number of likely N-dealkylation sites (N-methyl/N-ethyl adjacent to an activating group) is 2. The monoisotopic (exact) mass is 444 g/mol. The van der Waals surface area contributed by atoms with Gasteiger partial charge in [0.15, 0.2) is 0 Å². The van der Waals surface area contributed by atoms with Gasteiger partial charge in [0.1, 0.15) is 5.82 Å². The number of imidazole rings is 1. The van der Waals surface area contributed by atoms with E-state index >= 15 is 0 Å². The quantitative estimate of drug-likeness (QED) is 0.641. The molecule has 2 aliphatic carbocycles. The number of rotatable bonds is 7. The van der Waals surface area contributed by atoms with Gasteiger partial charge in [0.05, 0.1) is 23.0 Å². The zero-order valence-corrected chi connectivity index (χ0v) is 20.1. The van der Waals surface area contributed by atoms with Crippen LogP contribution in [0.1, 0.15) is 38.4 Å². The van der Waals surface area contributed by atoms with E-state index in [0.29, 0.717) is 0 Å². The molecule has 5 rings (SSSR count). The van der Waals surface area contributed by atoms with Gasteiger partial charge in [-0.25, -0.2) is 4.98 Å². The molecule has 1 fully saturated rings. The molecule has 2 heterocycles. The topological polar surface area (TPSA) is 51.3 Å². The Balaban J connectivity index is 1.23. The minimum Gasteiger partial charge on any atom is -0.373 e. The standard InChI is InChI=1S/C27H36N6/c1-3-31(23-9-7-21(20-28)8-10-23)16-15-30(2)24-11-12-26-25(19-24)29-27-13-14-32(17-18-33(26)27)22-5-4-6-22/h7,9-12,19,21-22H,3-6,8,13-18H2,1-2H3. The smallest absolute Gasteiger partial charge is 0.111 e.